The first kappa shape index (κ1) is 15.0. The molecule has 0 aromatic heterocycles. The van der Waals surface area contributed by atoms with Gasteiger partial charge in [0.05, 0.1) is 5.41 Å². The van der Waals surface area contributed by atoms with Crippen molar-refractivity contribution in [2.45, 2.75) is 20.3 Å². The normalized spacial score (nSPS) is 11.3. The van der Waals surface area contributed by atoms with Gasteiger partial charge in [0.15, 0.2) is 0 Å². The molecule has 0 saturated carbocycles. The lowest BCUT2D eigenvalue weighted by Crippen LogP contribution is -2.30. The van der Waals surface area contributed by atoms with Crippen LogP contribution < -0.4 is 10.5 Å². The van der Waals surface area contributed by atoms with E-state index >= 15 is 0 Å². The van der Waals surface area contributed by atoms with Crippen LogP contribution in [0.25, 0.3) is 0 Å². The topological polar surface area (TPSA) is 72.5 Å². The highest BCUT2D eigenvalue weighted by atomic mass is 79.9. The number of rotatable bonds is 6. The highest BCUT2D eigenvalue weighted by molar-refractivity contribution is 9.10. The van der Waals surface area contributed by atoms with Gasteiger partial charge in [-0.3, -0.25) is 4.79 Å². The van der Waals surface area contributed by atoms with E-state index in [0.29, 0.717) is 18.7 Å². The third-order valence-electron chi connectivity index (χ3n) is 2.60. The van der Waals surface area contributed by atoms with Crippen LogP contribution in [0.2, 0.25) is 0 Å². The second kappa shape index (κ2) is 6.20. The summed E-state index contributed by atoms with van der Waals surface area (Å²) >= 11 is 3.39. The molecule has 0 radical (unpaired) electrons. The highest BCUT2D eigenvalue weighted by Crippen LogP contribution is 2.26. The van der Waals surface area contributed by atoms with Crippen LogP contribution in [-0.2, 0) is 11.2 Å². The van der Waals surface area contributed by atoms with E-state index in [4.69, 9.17) is 15.6 Å². The van der Waals surface area contributed by atoms with Crippen LogP contribution in [0.5, 0.6) is 5.75 Å². The van der Waals surface area contributed by atoms with E-state index < -0.39 is 11.4 Å². The molecule has 3 N–H and O–H groups in total. The molecule has 18 heavy (non-hydrogen) atoms. The Hall–Kier alpha value is -1.07. The predicted octanol–water partition coefficient (Wildman–Crippen LogP) is 2.44. The molecule has 1 aromatic carbocycles. The van der Waals surface area contributed by atoms with Crippen molar-refractivity contribution >= 4 is 21.9 Å². The number of hydrogen-bond donors (Lipinski definition) is 2. The maximum atomic E-state index is 11.0. The van der Waals surface area contributed by atoms with Crippen LogP contribution in [0.1, 0.15) is 19.4 Å². The number of ether oxygens (including phenoxy) is 1. The van der Waals surface area contributed by atoms with Gasteiger partial charge < -0.3 is 15.6 Å². The number of aliphatic carboxylic acids is 1. The molecule has 1 aromatic rings. The van der Waals surface area contributed by atoms with E-state index in [1.165, 1.54) is 0 Å². The van der Waals surface area contributed by atoms with Gasteiger partial charge in [-0.25, -0.2) is 0 Å². The lowest BCUT2D eigenvalue weighted by molar-refractivity contribution is -0.148. The van der Waals surface area contributed by atoms with Gasteiger partial charge in [-0.05, 0) is 50.6 Å². The third kappa shape index (κ3) is 3.99. The Morgan fingerprint density at radius 3 is 2.72 bits per heavy atom. The molecule has 0 amide bonds. The predicted molar refractivity (Wildman–Crippen MR) is 73.8 cm³/mol. The molecule has 0 atom stereocenters. The Morgan fingerprint density at radius 1 is 1.50 bits per heavy atom. The number of carboxylic acids is 1. The summed E-state index contributed by atoms with van der Waals surface area (Å²) in [6.45, 7) is 3.92. The first-order valence-corrected chi connectivity index (χ1v) is 6.51. The smallest absolute Gasteiger partial charge is 0.312 e. The molecule has 0 spiro atoms. The summed E-state index contributed by atoms with van der Waals surface area (Å²) < 4.78 is 6.57. The zero-order chi connectivity index (χ0) is 13.8. The van der Waals surface area contributed by atoms with E-state index in [2.05, 4.69) is 15.9 Å². The van der Waals surface area contributed by atoms with Gasteiger partial charge in [0.25, 0.3) is 0 Å². The minimum absolute atomic E-state index is 0.127. The van der Waals surface area contributed by atoms with E-state index in [9.17, 15) is 4.79 Å². The molecule has 100 valence electrons. The van der Waals surface area contributed by atoms with Crippen molar-refractivity contribution in [2.24, 2.45) is 11.1 Å². The fourth-order valence-corrected chi connectivity index (χ4v) is 1.77. The standard InChI is InChI=1S/C13H18BrNO3/c1-13(2,12(16)17)8-18-11-4-3-10(14)7-9(11)5-6-15/h3-4,7H,5-6,8,15H2,1-2H3,(H,16,17). The molecule has 0 heterocycles. The Bertz CT molecular complexity index is 432. The summed E-state index contributed by atoms with van der Waals surface area (Å²) in [5, 5.41) is 9.03. The summed E-state index contributed by atoms with van der Waals surface area (Å²) in [6, 6.07) is 5.63. The quantitative estimate of drug-likeness (QED) is 0.845. The average molecular weight is 316 g/mol. The minimum atomic E-state index is -0.910. The van der Waals surface area contributed by atoms with Crippen LogP contribution in [0, 0.1) is 5.41 Å². The molecule has 0 aliphatic carbocycles. The summed E-state index contributed by atoms with van der Waals surface area (Å²) in [5.41, 5.74) is 5.61. The van der Waals surface area contributed by atoms with Gasteiger partial charge in [0.1, 0.15) is 12.4 Å². The molecular weight excluding hydrogens is 298 g/mol. The van der Waals surface area contributed by atoms with Crippen molar-refractivity contribution in [1.82, 2.24) is 0 Å². The summed E-state index contributed by atoms with van der Waals surface area (Å²) in [6.07, 6.45) is 0.697. The van der Waals surface area contributed by atoms with Crippen LogP contribution in [-0.4, -0.2) is 24.2 Å². The van der Waals surface area contributed by atoms with E-state index in [0.717, 1.165) is 10.0 Å². The SMILES string of the molecule is CC(C)(COc1ccc(Br)cc1CCN)C(=O)O. The van der Waals surface area contributed by atoms with Crippen molar-refractivity contribution in [3.63, 3.8) is 0 Å². The number of nitrogens with two attached hydrogens (primary N) is 1. The van der Waals surface area contributed by atoms with E-state index in [1.807, 2.05) is 18.2 Å². The van der Waals surface area contributed by atoms with Crippen LogP contribution in [0.3, 0.4) is 0 Å². The zero-order valence-corrected chi connectivity index (χ0v) is 12.2. The molecule has 0 bridgehead atoms. The third-order valence-corrected chi connectivity index (χ3v) is 3.10. The molecule has 0 fully saturated rings. The maximum Gasteiger partial charge on any atom is 0.312 e. The first-order chi connectivity index (χ1) is 8.36. The Morgan fingerprint density at radius 2 is 2.17 bits per heavy atom. The van der Waals surface area contributed by atoms with Gasteiger partial charge in [0, 0.05) is 4.47 Å². The minimum Gasteiger partial charge on any atom is -0.492 e. The van der Waals surface area contributed by atoms with Crippen molar-refractivity contribution in [3.05, 3.63) is 28.2 Å². The maximum absolute atomic E-state index is 11.0. The molecule has 0 saturated heterocycles. The van der Waals surface area contributed by atoms with Gasteiger partial charge >= 0.3 is 5.97 Å². The zero-order valence-electron chi connectivity index (χ0n) is 10.6. The lowest BCUT2D eigenvalue weighted by atomic mass is 9.95. The number of hydrogen-bond acceptors (Lipinski definition) is 3. The average Bonchev–Trinajstić information content (AvgIpc) is 2.28. The highest BCUT2D eigenvalue weighted by Gasteiger charge is 2.28. The molecule has 1 rings (SSSR count). The summed E-state index contributed by atoms with van der Waals surface area (Å²) in [5.74, 6) is -0.182. The molecule has 0 unspecified atom stereocenters. The Balaban J connectivity index is 2.81. The van der Waals surface area contributed by atoms with Crippen molar-refractivity contribution in [2.75, 3.05) is 13.2 Å². The molecule has 5 heteroatoms. The van der Waals surface area contributed by atoms with Crippen molar-refractivity contribution in [1.29, 1.82) is 0 Å². The van der Waals surface area contributed by atoms with Gasteiger partial charge in [-0.15, -0.1) is 0 Å². The molecular formula is C13H18BrNO3. The number of carboxylic acid groups (broad SMARTS) is 1. The van der Waals surface area contributed by atoms with Crippen LogP contribution in [0.15, 0.2) is 22.7 Å². The van der Waals surface area contributed by atoms with Crippen LogP contribution in [0.4, 0.5) is 0 Å². The second-order valence-electron chi connectivity index (χ2n) is 4.77. The Labute approximate surface area is 115 Å². The van der Waals surface area contributed by atoms with E-state index in [1.54, 1.807) is 13.8 Å². The fourth-order valence-electron chi connectivity index (χ4n) is 1.36. The summed E-state index contributed by atoms with van der Waals surface area (Å²) in [4.78, 5) is 11.0. The number of halogens is 1. The fraction of sp³-hybridized carbons (Fsp3) is 0.462. The van der Waals surface area contributed by atoms with Crippen LogP contribution >= 0.6 is 15.9 Å². The van der Waals surface area contributed by atoms with Gasteiger partial charge in [-0.1, -0.05) is 15.9 Å². The number of carbonyl (C=O) groups is 1. The molecule has 0 aliphatic heterocycles. The molecule has 0 aliphatic rings. The Kier molecular flexibility index (Phi) is 5.16. The number of benzene rings is 1. The monoisotopic (exact) mass is 315 g/mol. The first-order valence-electron chi connectivity index (χ1n) is 5.71. The van der Waals surface area contributed by atoms with E-state index in [-0.39, 0.29) is 6.61 Å². The summed E-state index contributed by atoms with van der Waals surface area (Å²) in [7, 11) is 0. The molecule has 4 nitrogen and oxygen atoms in total. The van der Waals surface area contributed by atoms with Gasteiger partial charge in [0.2, 0.25) is 0 Å². The van der Waals surface area contributed by atoms with Crippen molar-refractivity contribution < 1.29 is 14.6 Å². The van der Waals surface area contributed by atoms with Crippen molar-refractivity contribution in [3.8, 4) is 5.75 Å². The van der Waals surface area contributed by atoms with Gasteiger partial charge in [-0.2, -0.15) is 0 Å². The lowest BCUT2D eigenvalue weighted by Gasteiger charge is -2.21. The largest absolute Gasteiger partial charge is 0.492 e. The second-order valence-corrected chi connectivity index (χ2v) is 5.68.